The molecule has 0 fully saturated rings. The average molecular weight is 177 g/mol. The summed E-state index contributed by atoms with van der Waals surface area (Å²) in [5.41, 5.74) is 0.897. The summed E-state index contributed by atoms with van der Waals surface area (Å²) >= 11 is 0. The molecular weight excluding hydrogens is 170 g/mol. The Kier molecular flexibility index (Phi) is 1.55. The molecule has 2 aromatic rings. The fraction of sp³-hybridized carbons (Fsp3) is 0.111. The van der Waals surface area contributed by atoms with Crippen LogP contribution in [-0.2, 0) is 0 Å². The highest BCUT2D eigenvalue weighted by Crippen LogP contribution is 2.07. The third kappa shape index (κ3) is 1.26. The third-order valence-electron chi connectivity index (χ3n) is 1.82. The first-order valence-electron chi connectivity index (χ1n) is 3.80. The van der Waals surface area contributed by atoms with E-state index >= 15 is 0 Å². The maximum Gasteiger partial charge on any atom is 0.419 e. The zero-order valence-electron chi connectivity index (χ0n) is 6.96. The van der Waals surface area contributed by atoms with Crippen LogP contribution in [0.1, 0.15) is 5.56 Å². The molecule has 0 saturated carbocycles. The van der Waals surface area contributed by atoms with E-state index in [9.17, 15) is 9.59 Å². The minimum absolute atomic E-state index is 0.394. The van der Waals surface area contributed by atoms with E-state index in [2.05, 4.69) is 9.40 Å². The monoisotopic (exact) mass is 177 g/mol. The van der Waals surface area contributed by atoms with Crippen molar-refractivity contribution in [3.05, 3.63) is 44.7 Å². The summed E-state index contributed by atoms with van der Waals surface area (Å²) in [7, 11) is 0. The minimum Gasteiger partial charge on any atom is -0.372 e. The van der Waals surface area contributed by atoms with Gasteiger partial charge in [0.05, 0.1) is 10.9 Å². The molecule has 0 unspecified atom stereocenters. The molecule has 66 valence electrons. The summed E-state index contributed by atoms with van der Waals surface area (Å²) < 4.78 is 4.36. The van der Waals surface area contributed by atoms with Gasteiger partial charge in [0.25, 0.3) is 0 Å². The van der Waals surface area contributed by atoms with Crippen LogP contribution in [0.2, 0.25) is 0 Å². The van der Waals surface area contributed by atoms with Gasteiger partial charge in [0.1, 0.15) is 0 Å². The zero-order valence-corrected chi connectivity index (χ0v) is 6.96. The number of aryl methyl sites for hydroxylation is 1. The smallest absolute Gasteiger partial charge is 0.372 e. The Morgan fingerprint density at radius 2 is 2.08 bits per heavy atom. The summed E-state index contributed by atoms with van der Waals surface area (Å²) in [4.78, 5) is 24.4. The van der Waals surface area contributed by atoms with Crippen LogP contribution in [0.3, 0.4) is 0 Å². The van der Waals surface area contributed by atoms with Crippen LogP contribution >= 0.6 is 0 Å². The molecule has 0 saturated heterocycles. The second kappa shape index (κ2) is 2.58. The Bertz CT molecular complexity index is 565. The number of H-pyrrole nitrogens is 1. The van der Waals surface area contributed by atoms with E-state index in [4.69, 9.17) is 0 Å². The molecule has 1 heterocycles. The van der Waals surface area contributed by atoms with E-state index < -0.39 is 11.4 Å². The lowest BCUT2D eigenvalue weighted by atomic mass is 10.2. The van der Waals surface area contributed by atoms with Gasteiger partial charge in [0.15, 0.2) is 0 Å². The third-order valence-corrected chi connectivity index (χ3v) is 1.82. The maximum atomic E-state index is 11.1. The summed E-state index contributed by atoms with van der Waals surface area (Å²) in [5, 5.41) is 0.394. The van der Waals surface area contributed by atoms with E-state index in [0.717, 1.165) is 5.56 Å². The highest BCUT2D eigenvalue weighted by atomic mass is 16.4. The van der Waals surface area contributed by atoms with Gasteiger partial charge in [-0.25, -0.2) is 9.59 Å². The van der Waals surface area contributed by atoms with Gasteiger partial charge in [0.2, 0.25) is 0 Å². The molecule has 0 amide bonds. The molecule has 0 bridgehead atoms. The zero-order chi connectivity index (χ0) is 9.42. The minimum atomic E-state index is -0.719. The van der Waals surface area contributed by atoms with Crippen molar-refractivity contribution >= 4 is 10.9 Å². The predicted molar refractivity (Wildman–Crippen MR) is 47.8 cm³/mol. The van der Waals surface area contributed by atoms with Crippen molar-refractivity contribution in [1.29, 1.82) is 0 Å². The number of nitrogens with one attached hydrogen (secondary N) is 1. The van der Waals surface area contributed by atoms with Crippen molar-refractivity contribution < 1.29 is 4.42 Å². The fourth-order valence-electron chi connectivity index (χ4n) is 1.21. The van der Waals surface area contributed by atoms with Crippen LogP contribution in [-0.4, -0.2) is 4.98 Å². The molecule has 0 spiro atoms. The lowest BCUT2D eigenvalue weighted by Gasteiger charge is -1.95. The summed E-state index contributed by atoms with van der Waals surface area (Å²) in [6.45, 7) is 1.88. The Morgan fingerprint density at radius 1 is 1.31 bits per heavy atom. The summed E-state index contributed by atoms with van der Waals surface area (Å²) in [6, 6.07) is 5.15. The molecule has 1 N–H and O–H groups in total. The average Bonchev–Trinajstić information content (AvgIpc) is 2.02. The molecule has 0 atom stereocenters. The second-order valence-corrected chi connectivity index (χ2v) is 2.85. The SMILES string of the molecule is Cc1ccc2c(=O)oc(=O)[nH]c2c1. The lowest BCUT2D eigenvalue weighted by molar-refractivity contribution is 0.460. The molecule has 0 aliphatic carbocycles. The van der Waals surface area contributed by atoms with Crippen molar-refractivity contribution in [2.24, 2.45) is 0 Å². The van der Waals surface area contributed by atoms with E-state index in [1.165, 1.54) is 0 Å². The summed E-state index contributed by atoms with van der Waals surface area (Å²) in [6.07, 6.45) is 0. The molecule has 0 radical (unpaired) electrons. The van der Waals surface area contributed by atoms with Crippen LogP contribution in [0.4, 0.5) is 0 Å². The first-order valence-corrected chi connectivity index (χ1v) is 3.80. The number of aromatic amines is 1. The van der Waals surface area contributed by atoms with Crippen molar-refractivity contribution in [3.8, 4) is 0 Å². The largest absolute Gasteiger partial charge is 0.419 e. The van der Waals surface area contributed by atoms with Gasteiger partial charge in [-0.2, -0.15) is 0 Å². The van der Waals surface area contributed by atoms with Crippen molar-refractivity contribution in [1.82, 2.24) is 4.98 Å². The van der Waals surface area contributed by atoms with Gasteiger partial charge in [0, 0.05) is 0 Å². The van der Waals surface area contributed by atoms with Crippen LogP contribution in [0.15, 0.2) is 32.2 Å². The van der Waals surface area contributed by atoms with E-state index in [0.29, 0.717) is 10.9 Å². The van der Waals surface area contributed by atoms with Crippen molar-refractivity contribution in [2.75, 3.05) is 0 Å². The quantitative estimate of drug-likeness (QED) is 0.647. The molecule has 0 aliphatic rings. The first kappa shape index (κ1) is 7.79. The van der Waals surface area contributed by atoms with Crippen LogP contribution in [0.5, 0.6) is 0 Å². The number of fused-ring (bicyclic) bond motifs is 1. The normalized spacial score (nSPS) is 10.5. The number of hydrogen-bond acceptors (Lipinski definition) is 3. The molecule has 0 aliphatic heterocycles. The number of hydrogen-bond donors (Lipinski definition) is 1. The van der Waals surface area contributed by atoms with E-state index in [-0.39, 0.29) is 0 Å². The Labute approximate surface area is 72.8 Å². The van der Waals surface area contributed by atoms with Gasteiger partial charge in [-0.3, -0.25) is 4.98 Å². The molecule has 4 nitrogen and oxygen atoms in total. The van der Waals surface area contributed by atoms with Crippen LogP contribution in [0.25, 0.3) is 10.9 Å². The van der Waals surface area contributed by atoms with Gasteiger partial charge < -0.3 is 4.42 Å². The lowest BCUT2D eigenvalue weighted by Crippen LogP contribution is -2.14. The molecule has 1 aromatic heterocycles. The van der Waals surface area contributed by atoms with Gasteiger partial charge in [-0.1, -0.05) is 6.07 Å². The number of rotatable bonds is 0. The Balaban J connectivity index is 3.03. The predicted octanol–water partition coefficient (Wildman–Crippen LogP) is 0.790. The highest BCUT2D eigenvalue weighted by Gasteiger charge is 2.01. The van der Waals surface area contributed by atoms with Crippen molar-refractivity contribution in [3.63, 3.8) is 0 Å². The Hall–Kier alpha value is -1.84. The van der Waals surface area contributed by atoms with Crippen molar-refractivity contribution in [2.45, 2.75) is 6.92 Å². The second-order valence-electron chi connectivity index (χ2n) is 2.85. The van der Waals surface area contributed by atoms with E-state index in [1.807, 2.05) is 6.92 Å². The maximum absolute atomic E-state index is 11.1. The molecule has 4 heteroatoms. The van der Waals surface area contributed by atoms with Gasteiger partial charge in [-0.05, 0) is 24.6 Å². The molecule has 2 rings (SSSR count). The highest BCUT2D eigenvalue weighted by molar-refractivity contribution is 5.77. The molecular formula is C9H7NO3. The Morgan fingerprint density at radius 3 is 2.85 bits per heavy atom. The van der Waals surface area contributed by atoms with Crippen LogP contribution < -0.4 is 11.4 Å². The number of aromatic nitrogens is 1. The van der Waals surface area contributed by atoms with E-state index in [1.54, 1.807) is 18.2 Å². The van der Waals surface area contributed by atoms with Gasteiger partial charge in [-0.15, -0.1) is 0 Å². The standard InChI is InChI=1S/C9H7NO3/c1-5-2-3-6-7(4-5)10-9(12)13-8(6)11/h2-4H,1H3,(H,10,12). The van der Waals surface area contributed by atoms with Gasteiger partial charge >= 0.3 is 11.4 Å². The molecule has 1 aromatic carbocycles. The fourth-order valence-corrected chi connectivity index (χ4v) is 1.21. The first-order chi connectivity index (χ1) is 6.16. The van der Waals surface area contributed by atoms with Crippen LogP contribution in [0, 0.1) is 6.92 Å². The number of benzene rings is 1. The summed E-state index contributed by atoms with van der Waals surface area (Å²) in [5.74, 6) is -0.719. The topological polar surface area (TPSA) is 63.1 Å². The molecule has 13 heavy (non-hydrogen) atoms.